The molecule has 0 radical (unpaired) electrons. The summed E-state index contributed by atoms with van der Waals surface area (Å²) in [7, 11) is 0. The van der Waals surface area contributed by atoms with Crippen molar-refractivity contribution in [3.8, 4) is 0 Å². The van der Waals surface area contributed by atoms with Crippen LogP contribution in [0.4, 0.5) is 10.8 Å². The van der Waals surface area contributed by atoms with Crippen molar-refractivity contribution in [1.29, 1.82) is 0 Å². The van der Waals surface area contributed by atoms with E-state index in [-0.39, 0.29) is 11.6 Å². The zero-order chi connectivity index (χ0) is 21.3. The molecule has 0 aliphatic rings. The number of halogens is 2. The van der Waals surface area contributed by atoms with Gasteiger partial charge in [0.05, 0.1) is 30.0 Å². The zero-order valence-corrected chi connectivity index (χ0v) is 19.7. The third kappa shape index (κ3) is 4.48. The highest BCUT2D eigenvalue weighted by Crippen LogP contribution is 2.33. The van der Waals surface area contributed by atoms with E-state index in [4.69, 9.17) is 0 Å². The molecule has 0 bridgehead atoms. The molecule has 0 atom stereocenters. The van der Waals surface area contributed by atoms with Gasteiger partial charge in [0.1, 0.15) is 0 Å². The van der Waals surface area contributed by atoms with E-state index in [9.17, 15) is 14.9 Å². The molecule has 0 spiro atoms. The van der Waals surface area contributed by atoms with Crippen LogP contribution in [0.25, 0.3) is 10.2 Å². The number of carbonyl (C=O) groups is 1. The summed E-state index contributed by atoms with van der Waals surface area (Å²) in [5, 5.41) is 16.9. The number of nitrogens with zero attached hydrogens (tertiary/aromatic N) is 4. The number of thiophene rings is 1. The molecule has 2 aromatic heterocycles. The van der Waals surface area contributed by atoms with Crippen LogP contribution < -0.4 is 5.01 Å². The van der Waals surface area contributed by atoms with Crippen LogP contribution in [0.3, 0.4) is 0 Å². The lowest BCUT2D eigenvalue weighted by Crippen LogP contribution is -2.24. The summed E-state index contributed by atoms with van der Waals surface area (Å²) in [6.07, 6.45) is 1.48. The number of hydrogen-bond donors (Lipinski definition) is 0. The molecule has 150 valence electrons. The van der Waals surface area contributed by atoms with Crippen LogP contribution in [-0.4, -0.2) is 22.0 Å². The van der Waals surface area contributed by atoms with E-state index in [2.05, 4.69) is 41.9 Å². The van der Waals surface area contributed by atoms with Crippen molar-refractivity contribution in [1.82, 2.24) is 4.98 Å². The Morgan fingerprint density at radius 3 is 2.53 bits per heavy atom. The highest BCUT2D eigenvalue weighted by molar-refractivity contribution is 9.11. The first-order valence-corrected chi connectivity index (χ1v) is 11.6. The summed E-state index contributed by atoms with van der Waals surface area (Å²) in [5.41, 5.74) is 1.36. The van der Waals surface area contributed by atoms with E-state index >= 15 is 0 Å². The van der Waals surface area contributed by atoms with E-state index in [0.29, 0.717) is 15.6 Å². The van der Waals surface area contributed by atoms with E-state index in [1.807, 2.05) is 18.2 Å². The van der Waals surface area contributed by atoms with Gasteiger partial charge in [0, 0.05) is 16.6 Å². The van der Waals surface area contributed by atoms with Gasteiger partial charge in [-0.1, -0.05) is 27.3 Å². The summed E-state index contributed by atoms with van der Waals surface area (Å²) in [6, 6.07) is 15.1. The second-order valence-corrected chi connectivity index (χ2v) is 10.3. The number of fused-ring (bicyclic) bond motifs is 1. The Bertz CT molecular complexity index is 1280. The molecule has 4 aromatic rings. The second kappa shape index (κ2) is 8.72. The number of hydrogen-bond acceptors (Lipinski definition) is 7. The number of nitro groups is 1. The normalized spacial score (nSPS) is 11.3. The van der Waals surface area contributed by atoms with Crippen LogP contribution in [0, 0.1) is 10.1 Å². The van der Waals surface area contributed by atoms with Crippen molar-refractivity contribution in [3.63, 3.8) is 0 Å². The summed E-state index contributed by atoms with van der Waals surface area (Å²) >= 11 is 9.46. The zero-order valence-electron chi connectivity index (χ0n) is 14.9. The van der Waals surface area contributed by atoms with Crippen molar-refractivity contribution in [2.75, 3.05) is 5.01 Å². The average molecular weight is 566 g/mol. The number of thiazole rings is 1. The Hall–Kier alpha value is -2.47. The van der Waals surface area contributed by atoms with Crippen molar-refractivity contribution in [2.45, 2.75) is 0 Å². The van der Waals surface area contributed by atoms with Gasteiger partial charge < -0.3 is 0 Å². The van der Waals surface area contributed by atoms with Gasteiger partial charge in [-0.3, -0.25) is 14.9 Å². The number of non-ortho nitro benzene ring substituents is 1. The van der Waals surface area contributed by atoms with Crippen molar-refractivity contribution < 1.29 is 9.72 Å². The van der Waals surface area contributed by atoms with Crippen molar-refractivity contribution >= 4 is 87.7 Å². The first-order valence-electron chi connectivity index (χ1n) is 8.35. The van der Waals surface area contributed by atoms with Crippen LogP contribution in [0.5, 0.6) is 0 Å². The molecule has 0 N–H and O–H groups in total. The first kappa shape index (κ1) is 20.8. The minimum absolute atomic E-state index is 0.0136. The number of nitro benzene ring substituents is 1. The molecule has 30 heavy (non-hydrogen) atoms. The molecule has 2 heterocycles. The summed E-state index contributed by atoms with van der Waals surface area (Å²) < 4.78 is 2.66. The van der Waals surface area contributed by atoms with Gasteiger partial charge in [-0.2, -0.15) is 10.1 Å². The molecule has 2 aromatic carbocycles. The largest absolute Gasteiger partial charge is 0.290 e. The van der Waals surface area contributed by atoms with Crippen LogP contribution in [0.1, 0.15) is 15.2 Å². The van der Waals surface area contributed by atoms with E-state index in [1.165, 1.54) is 46.0 Å². The fraction of sp³-hybridized carbons (Fsp3) is 0. The fourth-order valence-corrected chi connectivity index (χ4v) is 5.29. The molecule has 0 aliphatic heterocycles. The van der Waals surface area contributed by atoms with Gasteiger partial charge in [-0.15, -0.1) is 11.3 Å². The Labute approximate surface area is 195 Å². The number of carbonyl (C=O) groups excluding carboxylic acids is 1. The summed E-state index contributed by atoms with van der Waals surface area (Å²) in [6.45, 7) is 0. The monoisotopic (exact) mass is 564 g/mol. The Morgan fingerprint density at radius 2 is 1.87 bits per heavy atom. The SMILES string of the molecule is O=C(c1ccc(Br)s1)N(/N=C/c1ccc([N+](=O)[O-])cc1)c1nc2ccc(Br)cc2s1. The summed E-state index contributed by atoms with van der Waals surface area (Å²) in [5.74, 6) is -0.318. The molecule has 0 aliphatic carbocycles. The lowest BCUT2D eigenvalue weighted by atomic mass is 10.2. The Morgan fingerprint density at radius 1 is 1.10 bits per heavy atom. The van der Waals surface area contributed by atoms with Crippen LogP contribution in [0.15, 0.2) is 68.0 Å². The molecule has 1 amide bonds. The Balaban J connectivity index is 1.72. The predicted molar refractivity (Wildman–Crippen MR) is 127 cm³/mol. The van der Waals surface area contributed by atoms with E-state index in [1.54, 1.807) is 24.3 Å². The van der Waals surface area contributed by atoms with Gasteiger partial charge in [0.15, 0.2) is 0 Å². The van der Waals surface area contributed by atoms with Crippen LogP contribution in [-0.2, 0) is 0 Å². The molecule has 7 nitrogen and oxygen atoms in total. The van der Waals surface area contributed by atoms with E-state index in [0.717, 1.165) is 18.5 Å². The molecule has 4 rings (SSSR count). The second-order valence-electron chi connectivity index (χ2n) is 5.92. The molecule has 11 heteroatoms. The predicted octanol–water partition coefficient (Wildman–Crippen LogP) is 6.47. The highest BCUT2D eigenvalue weighted by atomic mass is 79.9. The molecule has 0 saturated carbocycles. The summed E-state index contributed by atoms with van der Waals surface area (Å²) in [4.78, 5) is 28.5. The number of benzene rings is 2. The van der Waals surface area contributed by atoms with Crippen molar-refractivity contribution in [3.05, 3.63) is 83.4 Å². The molecular weight excluding hydrogens is 556 g/mol. The smallest absolute Gasteiger partial charge is 0.266 e. The van der Waals surface area contributed by atoms with E-state index < -0.39 is 4.92 Å². The standard InChI is InChI=1S/C19H10Br2N4O3S2/c20-12-3-6-14-16(9-12)30-19(23-14)24(18(26)15-7-8-17(21)29-15)22-10-11-1-4-13(5-2-11)25(27)28/h1-10H/b22-10+. The highest BCUT2D eigenvalue weighted by Gasteiger charge is 2.22. The van der Waals surface area contributed by atoms with Gasteiger partial charge in [0.25, 0.3) is 11.6 Å². The van der Waals surface area contributed by atoms with Crippen LogP contribution in [0.2, 0.25) is 0 Å². The number of hydrazone groups is 1. The van der Waals surface area contributed by atoms with Crippen LogP contribution >= 0.6 is 54.5 Å². The lowest BCUT2D eigenvalue weighted by molar-refractivity contribution is -0.384. The van der Waals surface area contributed by atoms with Gasteiger partial charge in [-0.25, -0.2) is 4.98 Å². The Kier molecular flexibility index (Phi) is 6.04. The lowest BCUT2D eigenvalue weighted by Gasteiger charge is -2.12. The molecule has 0 fully saturated rings. The number of aromatic nitrogens is 1. The minimum atomic E-state index is -0.468. The first-order chi connectivity index (χ1) is 14.4. The van der Waals surface area contributed by atoms with Gasteiger partial charge in [-0.05, 0) is 64.0 Å². The third-order valence-electron chi connectivity index (χ3n) is 3.92. The maximum Gasteiger partial charge on any atom is 0.290 e. The fourth-order valence-electron chi connectivity index (χ4n) is 2.51. The van der Waals surface area contributed by atoms with Crippen molar-refractivity contribution in [2.24, 2.45) is 5.10 Å². The third-order valence-corrected chi connectivity index (χ3v) is 7.02. The van der Waals surface area contributed by atoms with Gasteiger partial charge >= 0.3 is 0 Å². The maximum atomic E-state index is 13.1. The molecule has 0 unspecified atom stereocenters. The molecular formula is C19H10Br2N4O3S2. The number of amides is 1. The number of anilines is 1. The molecule has 0 saturated heterocycles. The quantitative estimate of drug-likeness (QED) is 0.157. The van der Waals surface area contributed by atoms with Gasteiger partial charge in [0.2, 0.25) is 5.13 Å². The average Bonchev–Trinajstić information content (AvgIpc) is 3.34. The maximum absolute atomic E-state index is 13.1. The topological polar surface area (TPSA) is 88.7 Å². The number of rotatable bonds is 5. The minimum Gasteiger partial charge on any atom is -0.266 e.